The lowest BCUT2D eigenvalue weighted by Crippen LogP contribution is -2.18. The van der Waals surface area contributed by atoms with Gasteiger partial charge in [-0.05, 0) is 33.9 Å². The lowest BCUT2D eigenvalue weighted by Gasteiger charge is -2.29. The molecule has 0 radical (unpaired) electrons. The minimum Gasteiger partial charge on any atom is -0.507 e. The zero-order valence-corrected chi connectivity index (χ0v) is 16.3. The Morgan fingerprint density at radius 1 is 0.875 bits per heavy atom. The van der Waals surface area contributed by atoms with Gasteiger partial charge >= 0.3 is 0 Å². The summed E-state index contributed by atoms with van der Waals surface area (Å²) in [5, 5.41) is 11.1. The van der Waals surface area contributed by atoms with Gasteiger partial charge in [0.15, 0.2) is 0 Å². The molecule has 1 N–H and O–H groups in total. The zero-order valence-electron chi connectivity index (χ0n) is 16.3. The van der Waals surface area contributed by atoms with Crippen LogP contribution >= 0.6 is 0 Å². The summed E-state index contributed by atoms with van der Waals surface area (Å²) in [5.41, 5.74) is 4.61. The number of hydrogen-bond donors (Lipinski definition) is 1. The number of benzene rings is 2. The first-order chi connectivity index (χ1) is 11.1. The van der Waals surface area contributed by atoms with E-state index in [1.54, 1.807) is 0 Å². The first-order valence-corrected chi connectivity index (χ1v) is 8.98. The van der Waals surface area contributed by atoms with Crippen molar-refractivity contribution in [1.82, 2.24) is 0 Å². The molecule has 0 saturated carbocycles. The number of rotatable bonds is 3. The van der Waals surface area contributed by atoms with Gasteiger partial charge in [0.05, 0.1) is 0 Å². The van der Waals surface area contributed by atoms with Crippen LogP contribution in [0.2, 0.25) is 0 Å². The average Bonchev–Trinajstić information content (AvgIpc) is 2.48. The van der Waals surface area contributed by atoms with E-state index in [-0.39, 0.29) is 16.7 Å². The number of phenolic OH excluding ortho intramolecular Hbond substituents is 1. The lowest BCUT2D eigenvalue weighted by atomic mass is 9.76. The van der Waals surface area contributed by atoms with Crippen molar-refractivity contribution in [3.05, 3.63) is 64.7 Å². The lowest BCUT2D eigenvalue weighted by molar-refractivity contribution is 0.434. The molecule has 1 heteroatoms. The van der Waals surface area contributed by atoms with Gasteiger partial charge in [-0.1, -0.05) is 90.9 Å². The second-order valence-corrected chi connectivity index (χ2v) is 8.83. The van der Waals surface area contributed by atoms with Crippen LogP contribution in [0, 0.1) is 0 Å². The predicted octanol–water partition coefficient (Wildman–Crippen LogP) is 6.53. The molecule has 0 bridgehead atoms. The summed E-state index contributed by atoms with van der Waals surface area (Å²) in [5.74, 6) is 0.681. The molecule has 0 amide bonds. The Morgan fingerprint density at radius 2 is 1.46 bits per heavy atom. The maximum Gasteiger partial charge on any atom is 0.123 e. The Morgan fingerprint density at radius 3 is 1.92 bits per heavy atom. The van der Waals surface area contributed by atoms with Crippen LogP contribution in [0.1, 0.15) is 83.1 Å². The minimum atomic E-state index is -0.0882. The molecule has 0 aliphatic carbocycles. The second-order valence-electron chi connectivity index (χ2n) is 8.83. The molecule has 24 heavy (non-hydrogen) atoms. The van der Waals surface area contributed by atoms with E-state index >= 15 is 0 Å². The van der Waals surface area contributed by atoms with Crippen molar-refractivity contribution in [3.63, 3.8) is 0 Å². The summed E-state index contributed by atoms with van der Waals surface area (Å²) in [4.78, 5) is 0. The molecular weight excluding hydrogens is 292 g/mol. The fourth-order valence-corrected chi connectivity index (χ4v) is 3.25. The second kappa shape index (κ2) is 6.63. The summed E-state index contributed by atoms with van der Waals surface area (Å²) in [6, 6.07) is 14.9. The molecular formula is C23H32O. The van der Waals surface area contributed by atoms with Crippen LogP contribution in [0.3, 0.4) is 0 Å². The average molecular weight is 325 g/mol. The van der Waals surface area contributed by atoms with E-state index < -0.39 is 0 Å². The smallest absolute Gasteiger partial charge is 0.123 e. The van der Waals surface area contributed by atoms with E-state index in [1.807, 2.05) is 6.07 Å². The highest BCUT2D eigenvalue weighted by atomic mass is 16.3. The molecule has 1 atom stereocenters. The van der Waals surface area contributed by atoms with Gasteiger partial charge in [0.1, 0.15) is 5.75 Å². The topological polar surface area (TPSA) is 20.2 Å². The van der Waals surface area contributed by atoms with Gasteiger partial charge in [-0.2, -0.15) is 0 Å². The predicted molar refractivity (Wildman–Crippen MR) is 104 cm³/mol. The largest absolute Gasteiger partial charge is 0.507 e. The first kappa shape index (κ1) is 18.6. The van der Waals surface area contributed by atoms with E-state index in [2.05, 4.69) is 84.9 Å². The Bertz CT molecular complexity index is 684. The van der Waals surface area contributed by atoms with E-state index in [1.165, 1.54) is 11.1 Å². The number of phenols is 1. The van der Waals surface area contributed by atoms with E-state index in [9.17, 15) is 5.11 Å². The third kappa shape index (κ3) is 3.83. The SMILES string of the molecule is CC[C@@H](c1ccccc1)c1cc(C(C)(C)C)cc(C(C)(C)C)c1O. The standard InChI is InChI=1S/C23H32O/c1-8-18(16-12-10-9-11-13-16)19-14-17(22(2,3)4)15-20(21(19)24)23(5,6)7/h9-15,18,24H,8H2,1-7H3/t18-/m0/s1. The molecule has 1 nitrogen and oxygen atoms in total. The summed E-state index contributed by atoms with van der Waals surface area (Å²) in [7, 11) is 0. The van der Waals surface area contributed by atoms with Crippen LogP contribution in [0.5, 0.6) is 5.75 Å². The molecule has 130 valence electrons. The Hall–Kier alpha value is -1.76. The van der Waals surface area contributed by atoms with Crippen LogP contribution in [-0.4, -0.2) is 5.11 Å². The Kier molecular flexibility index (Phi) is 5.13. The number of hydrogen-bond acceptors (Lipinski definition) is 1. The van der Waals surface area contributed by atoms with Crippen LogP contribution in [0.15, 0.2) is 42.5 Å². The van der Waals surface area contributed by atoms with Crippen molar-refractivity contribution in [2.45, 2.75) is 71.6 Å². The van der Waals surface area contributed by atoms with Gasteiger partial charge < -0.3 is 5.11 Å². The minimum absolute atomic E-state index is 0.0530. The van der Waals surface area contributed by atoms with Crippen molar-refractivity contribution in [3.8, 4) is 5.75 Å². The molecule has 0 aliphatic heterocycles. The summed E-state index contributed by atoms with van der Waals surface area (Å²) < 4.78 is 0. The first-order valence-electron chi connectivity index (χ1n) is 8.98. The van der Waals surface area contributed by atoms with Gasteiger partial charge in [-0.15, -0.1) is 0 Å². The molecule has 2 aromatic carbocycles. The van der Waals surface area contributed by atoms with Crippen molar-refractivity contribution in [2.75, 3.05) is 0 Å². The van der Waals surface area contributed by atoms with Crippen molar-refractivity contribution in [1.29, 1.82) is 0 Å². The van der Waals surface area contributed by atoms with Crippen LogP contribution in [-0.2, 0) is 10.8 Å². The fraction of sp³-hybridized carbons (Fsp3) is 0.478. The summed E-state index contributed by atoms with van der Waals surface area (Å²) >= 11 is 0. The molecule has 0 aromatic heterocycles. The van der Waals surface area contributed by atoms with Gasteiger partial charge in [0.25, 0.3) is 0 Å². The Labute approximate surface area is 147 Å². The van der Waals surface area contributed by atoms with Crippen molar-refractivity contribution >= 4 is 0 Å². The maximum absolute atomic E-state index is 11.1. The van der Waals surface area contributed by atoms with Crippen LogP contribution < -0.4 is 0 Å². The molecule has 0 unspecified atom stereocenters. The van der Waals surface area contributed by atoms with Crippen LogP contribution in [0.25, 0.3) is 0 Å². The third-order valence-electron chi connectivity index (χ3n) is 4.80. The van der Waals surface area contributed by atoms with Gasteiger partial charge in [-0.25, -0.2) is 0 Å². The third-order valence-corrected chi connectivity index (χ3v) is 4.80. The summed E-state index contributed by atoms with van der Waals surface area (Å²) in [6.45, 7) is 15.4. The maximum atomic E-state index is 11.1. The Balaban J connectivity index is 2.72. The normalized spacial score (nSPS) is 13.8. The van der Waals surface area contributed by atoms with Crippen molar-refractivity contribution in [2.24, 2.45) is 0 Å². The van der Waals surface area contributed by atoms with Gasteiger partial charge in [-0.3, -0.25) is 0 Å². The monoisotopic (exact) mass is 324 g/mol. The zero-order chi connectivity index (χ0) is 18.1. The highest BCUT2D eigenvalue weighted by Crippen LogP contribution is 2.42. The quantitative estimate of drug-likeness (QED) is 0.680. The van der Waals surface area contributed by atoms with Gasteiger partial charge in [0, 0.05) is 11.5 Å². The van der Waals surface area contributed by atoms with E-state index in [0.717, 1.165) is 17.5 Å². The highest BCUT2D eigenvalue weighted by molar-refractivity contribution is 5.52. The van der Waals surface area contributed by atoms with Crippen LogP contribution in [0.4, 0.5) is 0 Å². The molecule has 0 fully saturated rings. The molecule has 0 saturated heterocycles. The molecule has 0 spiro atoms. The van der Waals surface area contributed by atoms with Gasteiger partial charge in [0.2, 0.25) is 0 Å². The number of aromatic hydroxyl groups is 1. The molecule has 0 heterocycles. The fourth-order valence-electron chi connectivity index (χ4n) is 3.25. The molecule has 2 aromatic rings. The van der Waals surface area contributed by atoms with E-state index in [0.29, 0.717) is 5.75 Å². The molecule has 0 aliphatic rings. The van der Waals surface area contributed by atoms with E-state index in [4.69, 9.17) is 0 Å². The highest BCUT2D eigenvalue weighted by Gasteiger charge is 2.27. The molecule has 2 rings (SSSR count). The summed E-state index contributed by atoms with van der Waals surface area (Å²) in [6.07, 6.45) is 0.967. The van der Waals surface area contributed by atoms with Crippen molar-refractivity contribution < 1.29 is 5.11 Å².